The highest BCUT2D eigenvalue weighted by Gasteiger charge is 2.38. The molecule has 6 nitrogen and oxygen atoms in total. The van der Waals surface area contributed by atoms with Gasteiger partial charge in [-0.2, -0.15) is 0 Å². The average Bonchev–Trinajstić information content (AvgIpc) is 3.32. The smallest absolute Gasteiger partial charge is 0.260 e. The number of ether oxygens (including phenoxy) is 1. The van der Waals surface area contributed by atoms with Crippen LogP contribution < -0.4 is 10.6 Å². The van der Waals surface area contributed by atoms with Gasteiger partial charge in [0.1, 0.15) is 17.2 Å². The molecule has 0 spiro atoms. The van der Waals surface area contributed by atoms with Crippen molar-refractivity contribution < 1.29 is 19.0 Å². The minimum atomic E-state index is -0.625. The lowest BCUT2D eigenvalue weighted by Crippen LogP contribution is -2.39. The van der Waals surface area contributed by atoms with Crippen LogP contribution in [0.5, 0.6) is 0 Å². The zero-order valence-electron chi connectivity index (χ0n) is 20.2. The molecule has 3 aliphatic heterocycles. The van der Waals surface area contributed by atoms with Crippen LogP contribution in [0.25, 0.3) is 11.1 Å². The molecule has 7 heteroatoms. The summed E-state index contributed by atoms with van der Waals surface area (Å²) in [5.74, 6) is -0.211. The number of aliphatic hydroxyl groups is 1. The molecule has 0 aliphatic carbocycles. The van der Waals surface area contributed by atoms with Crippen molar-refractivity contribution in [3.63, 3.8) is 0 Å². The third kappa shape index (κ3) is 5.03. The van der Waals surface area contributed by atoms with Crippen LogP contribution >= 0.6 is 0 Å². The van der Waals surface area contributed by atoms with Crippen molar-refractivity contribution in [2.75, 3.05) is 31.5 Å². The number of fused-ring (bicyclic) bond motifs is 1. The molecule has 3 heterocycles. The van der Waals surface area contributed by atoms with Crippen molar-refractivity contribution in [2.24, 2.45) is 0 Å². The van der Waals surface area contributed by atoms with Crippen LogP contribution in [-0.2, 0) is 16.1 Å². The number of amides is 1. The predicted octanol–water partition coefficient (Wildman–Crippen LogP) is 3.93. The Hall–Kier alpha value is -3.00. The van der Waals surface area contributed by atoms with Crippen LogP contribution in [0.3, 0.4) is 0 Å². The number of likely N-dealkylation sites (tertiary alicyclic amines) is 1. The van der Waals surface area contributed by atoms with E-state index in [4.69, 9.17) is 4.74 Å². The molecule has 2 aromatic rings. The van der Waals surface area contributed by atoms with Gasteiger partial charge in [-0.05, 0) is 62.1 Å². The third-order valence-corrected chi connectivity index (χ3v) is 7.02. The van der Waals surface area contributed by atoms with E-state index < -0.39 is 11.4 Å². The van der Waals surface area contributed by atoms with Crippen LogP contribution in [0.1, 0.15) is 43.4 Å². The van der Waals surface area contributed by atoms with Gasteiger partial charge in [-0.15, -0.1) is 0 Å². The van der Waals surface area contributed by atoms with Crippen molar-refractivity contribution >= 4 is 22.7 Å². The molecule has 0 unspecified atom stereocenters. The number of nitrogens with one attached hydrogen (secondary N) is 2. The first kappa shape index (κ1) is 23.7. The van der Waals surface area contributed by atoms with Crippen molar-refractivity contribution in [2.45, 2.75) is 44.9 Å². The lowest BCUT2D eigenvalue weighted by atomic mass is 9.91. The number of rotatable bonds is 6. The van der Waals surface area contributed by atoms with E-state index in [1.54, 1.807) is 6.07 Å². The number of carbonyl (C=O) groups excluding carboxylic acids is 1. The van der Waals surface area contributed by atoms with E-state index in [2.05, 4.69) is 39.8 Å². The topological polar surface area (TPSA) is 73.8 Å². The monoisotopic (exact) mass is 477 g/mol. The fourth-order valence-electron chi connectivity index (χ4n) is 5.02. The van der Waals surface area contributed by atoms with Crippen LogP contribution in [-0.4, -0.2) is 53.8 Å². The highest BCUT2D eigenvalue weighted by molar-refractivity contribution is 6.32. The lowest BCUT2D eigenvalue weighted by Gasteiger charge is -2.29. The Morgan fingerprint density at radius 1 is 1.17 bits per heavy atom. The van der Waals surface area contributed by atoms with Crippen molar-refractivity contribution in [3.05, 3.63) is 76.8 Å². The zero-order chi connectivity index (χ0) is 24.6. The SMILES string of the molecule is CC1(C)OC(=C2C(=O)Nc3ccc(F)cc32)C=C1c1ccc(CNCCN2CCC(O)CC2)cc1. The predicted molar refractivity (Wildman–Crippen MR) is 135 cm³/mol. The Kier molecular flexibility index (Phi) is 6.49. The van der Waals surface area contributed by atoms with Crippen LogP contribution in [0, 0.1) is 5.82 Å². The summed E-state index contributed by atoms with van der Waals surface area (Å²) in [6, 6.07) is 12.6. The fourth-order valence-corrected chi connectivity index (χ4v) is 5.02. The lowest BCUT2D eigenvalue weighted by molar-refractivity contribution is -0.111. The molecule has 0 atom stereocenters. The van der Waals surface area contributed by atoms with Gasteiger partial charge in [-0.25, -0.2) is 4.39 Å². The maximum absolute atomic E-state index is 13.9. The van der Waals surface area contributed by atoms with Gasteiger partial charge in [0.2, 0.25) is 0 Å². The normalized spacial score (nSPS) is 22.1. The van der Waals surface area contributed by atoms with E-state index in [1.807, 2.05) is 19.9 Å². The average molecular weight is 478 g/mol. The molecule has 0 radical (unpaired) electrons. The first-order chi connectivity index (χ1) is 16.8. The number of piperidine rings is 1. The van der Waals surface area contributed by atoms with E-state index in [9.17, 15) is 14.3 Å². The molecule has 35 heavy (non-hydrogen) atoms. The number of halogens is 1. The quantitative estimate of drug-likeness (QED) is 0.434. The number of hydrogen-bond acceptors (Lipinski definition) is 5. The standard InChI is InChI=1S/C28H32FN3O3/c1-28(2)23(16-25(35-28)26-22-15-20(29)7-8-24(22)31-27(26)34)19-5-3-18(4-6-19)17-30-11-14-32-12-9-21(33)10-13-32/h3-8,15-16,21,30,33H,9-14,17H2,1-2H3,(H,31,34). The molecule has 1 fully saturated rings. The molecule has 1 saturated heterocycles. The highest BCUT2D eigenvalue weighted by Crippen LogP contribution is 2.44. The second-order valence-corrected chi connectivity index (χ2v) is 10.0. The number of allylic oxidation sites excluding steroid dienone is 1. The zero-order valence-corrected chi connectivity index (χ0v) is 20.2. The minimum absolute atomic E-state index is 0.135. The number of aliphatic hydroxyl groups excluding tert-OH is 1. The molecular weight excluding hydrogens is 445 g/mol. The summed E-state index contributed by atoms with van der Waals surface area (Å²) in [5, 5.41) is 15.9. The second-order valence-electron chi connectivity index (χ2n) is 10.0. The molecule has 184 valence electrons. The van der Waals surface area contributed by atoms with E-state index in [1.165, 1.54) is 17.7 Å². The molecule has 0 aromatic heterocycles. The first-order valence-electron chi connectivity index (χ1n) is 12.3. The van der Waals surface area contributed by atoms with Crippen molar-refractivity contribution in [1.29, 1.82) is 0 Å². The number of nitrogens with zero attached hydrogens (tertiary/aromatic N) is 1. The van der Waals surface area contributed by atoms with Gasteiger partial charge in [-0.3, -0.25) is 4.79 Å². The van der Waals surface area contributed by atoms with Gasteiger partial charge >= 0.3 is 0 Å². The Morgan fingerprint density at radius 3 is 2.66 bits per heavy atom. The van der Waals surface area contributed by atoms with Gasteiger partial charge in [0.15, 0.2) is 0 Å². The molecule has 3 aliphatic rings. The van der Waals surface area contributed by atoms with Crippen LogP contribution in [0.4, 0.5) is 10.1 Å². The molecule has 3 N–H and O–H groups in total. The Bertz CT molecular complexity index is 1180. The summed E-state index contributed by atoms with van der Waals surface area (Å²) in [5.41, 5.74) is 4.06. The van der Waals surface area contributed by atoms with E-state index in [0.29, 0.717) is 22.6 Å². The largest absolute Gasteiger partial charge is 0.482 e. The Morgan fingerprint density at radius 2 is 1.91 bits per heavy atom. The number of carbonyl (C=O) groups is 1. The van der Waals surface area contributed by atoms with Gasteiger partial charge < -0.3 is 25.4 Å². The summed E-state index contributed by atoms with van der Waals surface area (Å²) >= 11 is 0. The summed E-state index contributed by atoms with van der Waals surface area (Å²) in [7, 11) is 0. The first-order valence-corrected chi connectivity index (χ1v) is 12.3. The molecule has 0 bridgehead atoms. The second kappa shape index (κ2) is 9.57. The summed E-state index contributed by atoms with van der Waals surface area (Å²) in [4.78, 5) is 15.0. The van der Waals surface area contributed by atoms with E-state index in [0.717, 1.165) is 56.7 Å². The van der Waals surface area contributed by atoms with Crippen molar-refractivity contribution in [1.82, 2.24) is 10.2 Å². The number of hydrogen-bond donors (Lipinski definition) is 3. The fraction of sp³-hybridized carbons (Fsp3) is 0.393. The van der Waals surface area contributed by atoms with Gasteiger partial charge in [0.25, 0.3) is 5.91 Å². The van der Waals surface area contributed by atoms with Crippen molar-refractivity contribution in [3.8, 4) is 0 Å². The summed E-state index contributed by atoms with van der Waals surface area (Å²) < 4.78 is 20.1. The molecule has 0 saturated carbocycles. The van der Waals surface area contributed by atoms with Crippen LogP contribution in [0.2, 0.25) is 0 Å². The van der Waals surface area contributed by atoms with E-state index >= 15 is 0 Å². The maximum Gasteiger partial charge on any atom is 0.260 e. The minimum Gasteiger partial charge on any atom is -0.482 e. The van der Waals surface area contributed by atoms with E-state index in [-0.39, 0.29) is 12.0 Å². The van der Waals surface area contributed by atoms with Gasteiger partial charge in [0, 0.05) is 49.5 Å². The van der Waals surface area contributed by atoms with Crippen LogP contribution in [0.15, 0.2) is 54.3 Å². The Labute approximate surface area is 205 Å². The summed E-state index contributed by atoms with van der Waals surface area (Å²) in [6.45, 7) is 8.55. The molecule has 2 aromatic carbocycles. The summed E-state index contributed by atoms with van der Waals surface area (Å²) in [6.07, 6.45) is 3.50. The molecular formula is C28H32FN3O3. The number of benzene rings is 2. The molecule has 1 amide bonds. The Balaban J connectivity index is 1.27. The third-order valence-electron chi connectivity index (χ3n) is 7.02. The highest BCUT2D eigenvalue weighted by atomic mass is 19.1. The van der Waals surface area contributed by atoms with Gasteiger partial charge in [0.05, 0.1) is 11.7 Å². The molecule has 5 rings (SSSR count). The number of anilines is 1. The van der Waals surface area contributed by atoms with Gasteiger partial charge in [-0.1, -0.05) is 24.3 Å². The maximum atomic E-state index is 13.9.